The Morgan fingerprint density at radius 1 is 1.40 bits per heavy atom. The van der Waals surface area contributed by atoms with Gasteiger partial charge in [-0.05, 0) is 53.6 Å². The second kappa shape index (κ2) is 7.51. The highest BCUT2D eigenvalue weighted by Crippen LogP contribution is 2.18. The van der Waals surface area contributed by atoms with E-state index in [0.717, 1.165) is 25.1 Å². The molecular weight excluding hydrogens is 401 g/mol. The lowest BCUT2D eigenvalue weighted by atomic mass is 9.94. The Balaban J connectivity index is 0.00000200. The second-order valence-corrected chi connectivity index (χ2v) is 5.96. The fourth-order valence-corrected chi connectivity index (χ4v) is 2.80. The molecule has 0 saturated carbocycles. The van der Waals surface area contributed by atoms with Gasteiger partial charge in [-0.3, -0.25) is 4.79 Å². The molecule has 1 aliphatic rings. The molecule has 1 aliphatic heterocycles. The monoisotopic (exact) mass is 416 g/mol. The summed E-state index contributed by atoms with van der Waals surface area (Å²) in [6, 6.07) is 2.01. The van der Waals surface area contributed by atoms with Crippen LogP contribution in [0.2, 0.25) is 0 Å². The quantitative estimate of drug-likeness (QED) is 0.575. The summed E-state index contributed by atoms with van der Waals surface area (Å²) in [7, 11) is 0. The Bertz CT molecular complexity index is 502. The maximum atomic E-state index is 13.2. The van der Waals surface area contributed by atoms with Crippen LogP contribution in [-0.4, -0.2) is 25.0 Å². The van der Waals surface area contributed by atoms with Crippen molar-refractivity contribution >= 4 is 40.9 Å². The molecule has 1 heterocycles. The van der Waals surface area contributed by atoms with E-state index in [-0.39, 0.29) is 29.9 Å². The van der Waals surface area contributed by atoms with Crippen molar-refractivity contribution in [3.05, 3.63) is 32.9 Å². The number of hydrogen-bond donors (Lipinski definition) is 2. The van der Waals surface area contributed by atoms with Crippen LogP contribution in [0.15, 0.2) is 12.1 Å². The molecule has 1 aromatic rings. The summed E-state index contributed by atoms with van der Waals surface area (Å²) in [4.78, 5) is 12.1. The van der Waals surface area contributed by atoms with Crippen LogP contribution >= 0.6 is 35.0 Å². The van der Waals surface area contributed by atoms with Gasteiger partial charge in [0.2, 0.25) is 0 Å². The van der Waals surface area contributed by atoms with E-state index < -0.39 is 11.6 Å². The second-order valence-electron chi connectivity index (χ2n) is 4.80. The summed E-state index contributed by atoms with van der Waals surface area (Å²) in [5, 5.41) is 6.08. The van der Waals surface area contributed by atoms with E-state index in [1.54, 1.807) is 0 Å². The van der Waals surface area contributed by atoms with E-state index in [1.165, 1.54) is 0 Å². The van der Waals surface area contributed by atoms with E-state index in [0.29, 0.717) is 16.0 Å². The molecule has 0 radical (unpaired) electrons. The van der Waals surface area contributed by atoms with Crippen molar-refractivity contribution in [3.8, 4) is 0 Å². The topological polar surface area (TPSA) is 41.1 Å². The zero-order valence-electron chi connectivity index (χ0n) is 10.9. The maximum absolute atomic E-state index is 13.2. The van der Waals surface area contributed by atoms with Crippen LogP contribution in [0.4, 0.5) is 8.78 Å². The van der Waals surface area contributed by atoms with Gasteiger partial charge in [0.05, 0.1) is 5.56 Å². The molecule has 0 spiro atoms. The SMILES string of the molecule is CC1CCNCC1NC(=O)c1cc(F)c(F)cc1I.Cl. The van der Waals surface area contributed by atoms with Crippen molar-refractivity contribution in [3.63, 3.8) is 0 Å². The van der Waals surface area contributed by atoms with Crippen molar-refractivity contribution in [2.75, 3.05) is 13.1 Å². The molecule has 2 rings (SSSR count). The number of amides is 1. The number of nitrogens with one attached hydrogen (secondary N) is 2. The average molecular weight is 417 g/mol. The van der Waals surface area contributed by atoms with Gasteiger partial charge in [0, 0.05) is 16.2 Å². The van der Waals surface area contributed by atoms with Crippen LogP contribution in [-0.2, 0) is 0 Å². The average Bonchev–Trinajstić information content (AvgIpc) is 2.36. The Hall–Kier alpha value is -0.470. The van der Waals surface area contributed by atoms with Crippen LogP contribution in [0.1, 0.15) is 23.7 Å². The van der Waals surface area contributed by atoms with Crippen molar-refractivity contribution in [1.82, 2.24) is 10.6 Å². The van der Waals surface area contributed by atoms with Gasteiger partial charge in [0.1, 0.15) is 0 Å². The molecule has 1 fully saturated rings. The predicted molar refractivity (Wildman–Crippen MR) is 84.2 cm³/mol. The molecule has 0 aliphatic carbocycles. The Morgan fingerprint density at radius 3 is 2.70 bits per heavy atom. The number of carbonyl (C=O) groups is 1. The van der Waals surface area contributed by atoms with Gasteiger partial charge in [-0.25, -0.2) is 8.78 Å². The third kappa shape index (κ3) is 4.02. The van der Waals surface area contributed by atoms with E-state index in [1.807, 2.05) is 22.6 Å². The highest BCUT2D eigenvalue weighted by molar-refractivity contribution is 14.1. The summed E-state index contributed by atoms with van der Waals surface area (Å²) in [6.07, 6.45) is 0.986. The minimum Gasteiger partial charge on any atom is -0.348 e. The minimum absolute atomic E-state index is 0. The number of benzene rings is 1. The van der Waals surface area contributed by atoms with Gasteiger partial charge in [-0.1, -0.05) is 6.92 Å². The minimum atomic E-state index is -1.000. The van der Waals surface area contributed by atoms with Crippen LogP contribution < -0.4 is 10.6 Å². The number of hydrogen-bond acceptors (Lipinski definition) is 2. The first-order valence-electron chi connectivity index (χ1n) is 6.15. The standard InChI is InChI=1S/C13H15F2IN2O.ClH/c1-7-2-3-17-6-12(7)18-13(19)8-4-9(14)10(15)5-11(8)16;/h4-5,7,12,17H,2-3,6H2,1H3,(H,18,19);1H. The Kier molecular flexibility index (Phi) is 6.60. The van der Waals surface area contributed by atoms with Gasteiger partial charge in [0.15, 0.2) is 11.6 Å². The van der Waals surface area contributed by atoms with Gasteiger partial charge in [-0.2, -0.15) is 0 Å². The zero-order chi connectivity index (χ0) is 14.0. The van der Waals surface area contributed by atoms with Gasteiger partial charge >= 0.3 is 0 Å². The first-order valence-corrected chi connectivity index (χ1v) is 7.23. The lowest BCUT2D eigenvalue weighted by Crippen LogP contribution is -2.50. The van der Waals surface area contributed by atoms with Crippen LogP contribution in [0.25, 0.3) is 0 Å². The van der Waals surface area contributed by atoms with Crippen molar-refractivity contribution < 1.29 is 13.6 Å². The highest BCUT2D eigenvalue weighted by Gasteiger charge is 2.24. The van der Waals surface area contributed by atoms with E-state index in [2.05, 4.69) is 17.6 Å². The summed E-state index contributed by atoms with van der Waals surface area (Å²) >= 11 is 1.83. The Morgan fingerprint density at radius 2 is 2.05 bits per heavy atom. The molecule has 3 nitrogen and oxygen atoms in total. The smallest absolute Gasteiger partial charge is 0.252 e. The molecule has 112 valence electrons. The number of piperidine rings is 1. The summed E-state index contributed by atoms with van der Waals surface area (Å²) in [5.74, 6) is -1.92. The first-order chi connectivity index (χ1) is 8.99. The van der Waals surface area contributed by atoms with Gasteiger partial charge < -0.3 is 10.6 Å². The molecule has 1 aromatic carbocycles. The van der Waals surface area contributed by atoms with Crippen LogP contribution in [0, 0.1) is 21.1 Å². The summed E-state index contributed by atoms with van der Waals surface area (Å²) in [6.45, 7) is 3.71. The fourth-order valence-electron chi connectivity index (χ4n) is 2.13. The first kappa shape index (κ1) is 17.6. The third-order valence-corrected chi connectivity index (χ3v) is 4.29. The van der Waals surface area contributed by atoms with Crippen LogP contribution in [0.3, 0.4) is 0 Å². The number of carbonyl (C=O) groups excluding carboxylic acids is 1. The van der Waals surface area contributed by atoms with E-state index in [4.69, 9.17) is 0 Å². The fraction of sp³-hybridized carbons (Fsp3) is 0.462. The third-order valence-electron chi connectivity index (χ3n) is 3.40. The predicted octanol–water partition coefficient (Wildman–Crippen LogP) is 2.72. The number of rotatable bonds is 2. The van der Waals surface area contributed by atoms with Crippen molar-refractivity contribution in [2.45, 2.75) is 19.4 Å². The van der Waals surface area contributed by atoms with E-state index in [9.17, 15) is 13.6 Å². The molecule has 1 saturated heterocycles. The summed E-state index contributed by atoms with van der Waals surface area (Å²) < 4.78 is 26.6. The molecule has 0 aromatic heterocycles. The largest absolute Gasteiger partial charge is 0.348 e. The normalized spacial score (nSPS) is 22.0. The molecule has 7 heteroatoms. The molecule has 1 amide bonds. The molecule has 0 bridgehead atoms. The maximum Gasteiger partial charge on any atom is 0.252 e. The van der Waals surface area contributed by atoms with Gasteiger partial charge in [0.25, 0.3) is 5.91 Å². The molecular formula is C13H16ClF2IN2O. The van der Waals surface area contributed by atoms with Crippen molar-refractivity contribution in [2.24, 2.45) is 5.92 Å². The summed E-state index contributed by atoms with van der Waals surface area (Å²) in [5.41, 5.74) is 0.178. The Labute approximate surface area is 136 Å². The lowest BCUT2D eigenvalue weighted by molar-refractivity contribution is 0.0913. The molecule has 2 N–H and O–H groups in total. The molecule has 2 unspecified atom stereocenters. The lowest BCUT2D eigenvalue weighted by Gasteiger charge is -2.30. The van der Waals surface area contributed by atoms with E-state index >= 15 is 0 Å². The molecule has 2 atom stereocenters. The molecule has 20 heavy (non-hydrogen) atoms. The van der Waals surface area contributed by atoms with Crippen LogP contribution in [0.5, 0.6) is 0 Å². The number of halogens is 4. The zero-order valence-corrected chi connectivity index (χ0v) is 13.9. The highest BCUT2D eigenvalue weighted by atomic mass is 127. The van der Waals surface area contributed by atoms with Gasteiger partial charge in [-0.15, -0.1) is 12.4 Å². The van der Waals surface area contributed by atoms with Crippen molar-refractivity contribution in [1.29, 1.82) is 0 Å².